The average Bonchev–Trinajstić information content (AvgIpc) is 2.65. The van der Waals surface area contributed by atoms with Crippen molar-refractivity contribution in [3.05, 3.63) is 33.1 Å². The molecule has 1 N–H and O–H groups in total. The van der Waals surface area contributed by atoms with Crippen LogP contribution in [0.5, 0.6) is 0 Å². The molecule has 2 nitrogen and oxygen atoms in total. The van der Waals surface area contributed by atoms with Crippen LogP contribution >= 0.6 is 27.3 Å². The molecule has 1 aromatic heterocycles. The molecule has 0 unspecified atom stereocenters. The first kappa shape index (κ1) is 9.66. The van der Waals surface area contributed by atoms with Crippen LogP contribution in [0.2, 0.25) is 0 Å². The fraction of sp³-hybridized carbons (Fsp3) is 0.100. The highest BCUT2D eigenvalue weighted by molar-refractivity contribution is 9.10. The lowest BCUT2D eigenvalue weighted by atomic mass is 10.1. The second kappa shape index (κ2) is 3.70. The monoisotopic (exact) mass is 267 g/mol. The Morgan fingerprint density at radius 3 is 3.00 bits per heavy atom. The van der Waals surface area contributed by atoms with Crippen LogP contribution in [0.4, 0.5) is 0 Å². The molecular formula is C10H6BrNOS. The van der Waals surface area contributed by atoms with E-state index in [1.54, 1.807) is 17.4 Å². The lowest BCUT2D eigenvalue weighted by Crippen LogP contribution is -1.87. The van der Waals surface area contributed by atoms with Crippen LogP contribution in [0.3, 0.4) is 0 Å². The van der Waals surface area contributed by atoms with Gasteiger partial charge in [-0.2, -0.15) is 5.26 Å². The highest BCUT2D eigenvalue weighted by Gasteiger charge is 2.10. The topological polar surface area (TPSA) is 44.0 Å². The van der Waals surface area contributed by atoms with Gasteiger partial charge in [-0.25, -0.2) is 0 Å². The quantitative estimate of drug-likeness (QED) is 0.863. The summed E-state index contributed by atoms with van der Waals surface area (Å²) in [4.78, 5) is 0. The van der Waals surface area contributed by atoms with Gasteiger partial charge in [-0.05, 0) is 17.5 Å². The molecule has 2 rings (SSSR count). The molecule has 0 radical (unpaired) electrons. The Morgan fingerprint density at radius 1 is 1.57 bits per heavy atom. The largest absolute Gasteiger partial charge is 0.392 e. The van der Waals surface area contributed by atoms with Crippen LogP contribution in [0.1, 0.15) is 11.1 Å². The first-order chi connectivity index (χ1) is 6.77. The molecule has 0 spiro atoms. The fourth-order valence-electron chi connectivity index (χ4n) is 1.39. The number of halogens is 1. The van der Waals surface area contributed by atoms with Gasteiger partial charge in [0.25, 0.3) is 0 Å². The number of rotatable bonds is 1. The van der Waals surface area contributed by atoms with Crippen molar-refractivity contribution in [2.24, 2.45) is 0 Å². The fourth-order valence-corrected chi connectivity index (χ4v) is 3.04. The summed E-state index contributed by atoms with van der Waals surface area (Å²) >= 11 is 4.89. The molecule has 0 bridgehead atoms. The molecule has 4 heteroatoms. The van der Waals surface area contributed by atoms with Crippen molar-refractivity contribution in [3.63, 3.8) is 0 Å². The summed E-state index contributed by atoms with van der Waals surface area (Å²) in [5, 5.41) is 21.0. The summed E-state index contributed by atoms with van der Waals surface area (Å²) in [6.45, 7) is -0.0106. The zero-order valence-corrected chi connectivity index (χ0v) is 9.52. The van der Waals surface area contributed by atoms with E-state index in [1.807, 2.05) is 11.4 Å². The number of benzene rings is 1. The van der Waals surface area contributed by atoms with E-state index in [0.29, 0.717) is 5.56 Å². The molecule has 0 saturated carbocycles. The van der Waals surface area contributed by atoms with Gasteiger partial charge in [0.15, 0.2) is 0 Å². The maximum absolute atomic E-state index is 9.19. The second-order valence-corrected chi connectivity index (χ2v) is 4.59. The van der Waals surface area contributed by atoms with Crippen molar-refractivity contribution in [1.29, 1.82) is 5.26 Å². The Labute approximate surface area is 93.5 Å². The molecule has 1 aromatic carbocycles. The van der Waals surface area contributed by atoms with Gasteiger partial charge in [0.05, 0.1) is 18.2 Å². The predicted octanol–water partition coefficient (Wildman–Crippen LogP) is 3.03. The van der Waals surface area contributed by atoms with Gasteiger partial charge >= 0.3 is 0 Å². The molecule has 0 fully saturated rings. The number of hydrogen-bond acceptors (Lipinski definition) is 3. The van der Waals surface area contributed by atoms with Gasteiger partial charge in [-0.1, -0.05) is 15.9 Å². The summed E-state index contributed by atoms with van der Waals surface area (Å²) in [7, 11) is 0. The van der Waals surface area contributed by atoms with Crippen LogP contribution in [0.15, 0.2) is 22.0 Å². The normalized spacial score (nSPS) is 10.4. The third-order valence-corrected chi connectivity index (χ3v) is 3.75. The van der Waals surface area contributed by atoms with Crippen LogP contribution in [0.25, 0.3) is 10.1 Å². The smallest absolute Gasteiger partial charge is 0.0998 e. The second-order valence-electron chi connectivity index (χ2n) is 2.82. The molecular weight excluding hydrogens is 262 g/mol. The van der Waals surface area contributed by atoms with Crippen LogP contribution in [-0.2, 0) is 6.61 Å². The summed E-state index contributed by atoms with van der Waals surface area (Å²) in [5.41, 5.74) is 1.50. The number of fused-ring (bicyclic) bond motifs is 1. The average molecular weight is 268 g/mol. The Hall–Kier alpha value is -0.890. The SMILES string of the molecule is N#Cc1cc(Br)c(CO)c2sccc12. The van der Waals surface area contributed by atoms with Crippen LogP contribution in [0, 0.1) is 11.3 Å². The number of hydrogen-bond donors (Lipinski definition) is 1. The third kappa shape index (κ3) is 1.34. The minimum Gasteiger partial charge on any atom is -0.392 e. The Bertz CT molecular complexity index is 527. The van der Waals surface area contributed by atoms with E-state index >= 15 is 0 Å². The molecule has 0 saturated heterocycles. The van der Waals surface area contributed by atoms with Crippen molar-refractivity contribution in [2.45, 2.75) is 6.61 Å². The Morgan fingerprint density at radius 2 is 2.36 bits per heavy atom. The molecule has 1 heterocycles. The van der Waals surface area contributed by atoms with Gasteiger partial charge in [0, 0.05) is 20.1 Å². The van der Waals surface area contributed by atoms with Gasteiger partial charge in [-0.15, -0.1) is 11.3 Å². The van der Waals surface area contributed by atoms with Crippen molar-refractivity contribution in [3.8, 4) is 6.07 Å². The standard InChI is InChI=1S/C10H6BrNOS/c11-9-3-6(4-12)7-1-2-14-10(7)8(9)5-13/h1-3,13H,5H2. The summed E-state index contributed by atoms with van der Waals surface area (Å²) < 4.78 is 1.78. The molecule has 2 aromatic rings. The molecule has 0 aliphatic rings. The van der Waals surface area contributed by atoms with E-state index in [4.69, 9.17) is 5.26 Å². The molecule has 0 aliphatic carbocycles. The van der Waals surface area contributed by atoms with Crippen molar-refractivity contribution >= 4 is 37.4 Å². The minimum atomic E-state index is -0.0106. The van der Waals surface area contributed by atoms with Crippen LogP contribution in [-0.4, -0.2) is 5.11 Å². The summed E-state index contributed by atoms with van der Waals surface area (Å²) in [6.07, 6.45) is 0. The molecule has 0 atom stereocenters. The summed E-state index contributed by atoms with van der Waals surface area (Å²) in [5.74, 6) is 0. The number of nitriles is 1. The van der Waals surface area contributed by atoms with Gasteiger partial charge in [-0.3, -0.25) is 0 Å². The molecule has 70 valence electrons. The van der Waals surface area contributed by atoms with E-state index in [1.165, 1.54) is 0 Å². The van der Waals surface area contributed by atoms with Gasteiger partial charge in [0.1, 0.15) is 0 Å². The lowest BCUT2D eigenvalue weighted by Gasteiger charge is -2.03. The maximum Gasteiger partial charge on any atom is 0.0998 e. The number of aliphatic hydroxyl groups excluding tert-OH is 1. The third-order valence-electron chi connectivity index (χ3n) is 2.07. The van der Waals surface area contributed by atoms with Crippen molar-refractivity contribution < 1.29 is 5.11 Å². The Kier molecular flexibility index (Phi) is 2.55. The summed E-state index contributed by atoms with van der Waals surface area (Å²) in [6, 6.07) is 5.80. The first-order valence-electron chi connectivity index (χ1n) is 3.97. The first-order valence-corrected chi connectivity index (χ1v) is 5.64. The lowest BCUT2D eigenvalue weighted by molar-refractivity contribution is 0.283. The van der Waals surface area contributed by atoms with E-state index < -0.39 is 0 Å². The Balaban J connectivity index is 2.90. The van der Waals surface area contributed by atoms with Gasteiger partial charge < -0.3 is 5.11 Å². The van der Waals surface area contributed by atoms with Gasteiger partial charge in [0.2, 0.25) is 0 Å². The maximum atomic E-state index is 9.19. The minimum absolute atomic E-state index is 0.0106. The molecule has 0 amide bonds. The van der Waals surface area contributed by atoms with E-state index in [9.17, 15) is 5.11 Å². The van der Waals surface area contributed by atoms with Crippen molar-refractivity contribution in [2.75, 3.05) is 0 Å². The molecule has 0 aliphatic heterocycles. The van der Waals surface area contributed by atoms with E-state index in [2.05, 4.69) is 22.0 Å². The highest BCUT2D eigenvalue weighted by atomic mass is 79.9. The predicted molar refractivity (Wildman–Crippen MR) is 60.2 cm³/mol. The number of thiophene rings is 1. The van der Waals surface area contributed by atoms with Crippen LogP contribution < -0.4 is 0 Å². The van der Waals surface area contributed by atoms with E-state index in [0.717, 1.165) is 20.1 Å². The van der Waals surface area contributed by atoms with E-state index in [-0.39, 0.29) is 6.61 Å². The number of aliphatic hydroxyl groups is 1. The zero-order valence-electron chi connectivity index (χ0n) is 7.12. The zero-order chi connectivity index (χ0) is 10.1. The number of nitrogens with zero attached hydrogens (tertiary/aromatic N) is 1. The molecule has 14 heavy (non-hydrogen) atoms. The van der Waals surface area contributed by atoms with Crippen molar-refractivity contribution in [1.82, 2.24) is 0 Å². The highest BCUT2D eigenvalue weighted by Crippen LogP contribution is 2.33.